The lowest BCUT2D eigenvalue weighted by Crippen LogP contribution is -2.34. The molecule has 3 rings (SSSR count). The molecule has 0 saturated carbocycles. The van der Waals surface area contributed by atoms with Crippen molar-refractivity contribution in [3.05, 3.63) is 6.33 Å². The van der Waals surface area contributed by atoms with Crippen LogP contribution in [0.4, 0.5) is 5.95 Å². The maximum Gasteiger partial charge on any atom is 0.412 e. The van der Waals surface area contributed by atoms with E-state index in [9.17, 15) is 24.2 Å². The van der Waals surface area contributed by atoms with E-state index in [1.165, 1.54) is 10.9 Å². The summed E-state index contributed by atoms with van der Waals surface area (Å²) in [5.41, 5.74) is 11.4. The first-order valence-corrected chi connectivity index (χ1v) is 12.9. The molecule has 0 radical (unpaired) electrons. The van der Waals surface area contributed by atoms with Crippen LogP contribution in [0.15, 0.2) is 6.33 Å². The van der Waals surface area contributed by atoms with E-state index in [1.54, 1.807) is 0 Å². The van der Waals surface area contributed by atoms with Crippen LogP contribution in [-0.4, -0.2) is 95.7 Å². The number of aliphatic hydroxyl groups excluding tert-OH is 2. The van der Waals surface area contributed by atoms with E-state index in [2.05, 4.69) is 19.5 Å². The third kappa shape index (κ3) is 6.66. The number of nitrogens with zero attached hydrogens (tertiary/aromatic N) is 4. The normalized spacial score (nSPS) is 25.0. The van der Waals surface area contributed by atoms with Gasteiger partial charge in [-0.2, -0.15) is 9.97 Å². The van der Waals surface area contributed by atoms with Crippen LogP contribution in [-0.2, 0) is 23.1 Å². The van der Waals surface area contributed by atoms with Crippen LogP contribution in [0, 0.1) is 0 Å². The van der Waals surface area contributed by atoms with Gasteiger partial charge in [-0.1, -0.05) is 0 Å². The molecule has 20 heteroatoms. The third-order valence-electron chi connectivity index (χ3n) is 4.42. The molecule has 10 N–H and O–H groups in total. The zero-order valence-electron chi connectivity index (χ0n) is 17.4. The van der Waals surface area contributed by atoms with Gasteiger partial charge in [0.15, 0.2) is 17.4 Å². The van der Waals surface area contributed by atoms with Crippen LogP contribution in [0.2, 0.25) is 0 Å². The highest BCUT2D eigenvalue weighted by Crippen LogP contribution is 2.49. The van der Waals surface area contributed by atoms with Crippen LogP contribution in [0.25, 0.3) is 11.2 Å². The van der Waals surface area contributed by atoms with Crippen molar-refractivity contribution in [2.75, 3.05) is 38.7 Å². The molecule has 34 heavy (non-hydrogen) atoms. The Hall–Kier alpha value is -1.79. The fraction of sp³-hybridized carbons (Fsp3) is 0.643. The molecule has 2 aromatic heterocycles. The lowest BCUT2D eigenvalue weighted by molar-refractivity contribution is -0.0486. The molecule has 2 aromatic rings. The monoisotopic (exact) mass is 529 g/mol. The van der Waals surface area contributed by atoms with Gasteiger partial charge in [-0.25, -0.2) is 14.1 Å². The van der Waals surface area contributed by atoms with Gasteiger partial charge >= 0.3 is 15.5 Å². The number of hydrogen-bond acceptors (Lipinski definition) is 13. The fourth-order valence-corrected chi connectivity index (χ4v) is 4.94. The van der Waals surface area contributed by atoms with Crippen LogP contribution in [0.5, 0.6) is 5.88 Å². The van der Waals surface area contributed by atoms with Gasteiger partial charge < -0.3 is 50.6 Å². The number of hydrogen-bond donors (Lipinski definition) is 8. The molecule has 0 spiro atoms. The Kier molecular flexibility index (Phi) is 8.56. The van der Waals surface area contributed by atoms with Gasteiger partial charge in [0, 0.05) is 6.54 Å². The molecule has 0 bridgehead atoms. The number of nitrogen functional groups attached to an aromatic ring is 1. The molecule has 0 aliphatic carbocycles. The van der Waals surface area contributed by atoms with Crippen molar-refractivity contribution in [3.8, 4) is 5.88 Å². The third-order valence-corrected chi connectivity index (χ3v) is 6.97. The number of nitrogens with two attached hydrogens (primary N) is 2. The van der Waals surface area contributed by atoms with E-state index < -0.39 is 46.6 Å². The average molecular weight is 529 g/mol. The van der Waals surface area contributed by atoms with Crippen molar-refractivity contribution >= 4 is 32.6 Å². The summed E-state index contributed by atoms with van der Waals surface area (Å²) in [4.78, 5) is 40.3. The predicted octanol–water partition coefficient (Wildman–Crippen LogP) is -2.82. The minimum absolute atomic E-state index is 0.0373. The van der Waals surface area contributed by atoms with Crippen molar-refractivity contribution in [3.63, 3.8) is 0 Å². The van der Waals surface area contributed by atoms with Crippen LogP contribution < -0.4 is 21.1 Å². The summed E-state index contributed by atoms with van der Waals surface area (Å²) in [5, 5.41) is 20.7. The summed E-state index contributed by atoms with van der Waals surface area (Å²) < 4.78 is 44.7. The fourth-order valence-electron chi connectivity index (χ4n) is 3.04. The molecular formula is C14H25N7O11P2. The molecule has 0 aromatic carbocycles. The molecule has 1 aliphatic heterocycles. The summed E-state index contributed by atoms with van der Waals surface area (Å²) in [6.07, 6.45) is -4.58. The average Bonchev–Trinajstić information content (AvgIpc) is 3.26. The molecular weight excluding hydrogens is 504 g/mol. The summed E-state index contributed by atoms with van der Waals surface area (Å²) in [7, 11) is -10.0. The quantitative estimate of drug-likeness (QED) is 0.102. The highest BCUT2D eigenvalue weighted by atomic mass is 31.3. The van der Waals surface area contributed by atoms with Gasteiger partial charge in [0.1, 0.15) is 24.9 Å². The second-order valence-corrected chi connectivity index (χ2v) is 10.2. The largest absolute Gasteiger partial charge is 0.474 e. The van der Waals surface area contributed by atoms with Gasteiger partial charge in [-0.15, -0.1) is 4.86 Å². The number of ether oxygens (including phenoxy) is 3. The molecule has 0 amide bonds. The van der Waals surface area contributed by atoms with Gasteiger partial charge in [0.05, 0.1) is 26.1 Å². The topological polar surface area (TPSA) is 280 Å². The van der Waals surface area contributed by atoms with Crippen molar-refractivity contribution in [2.45, 2.75) is 24.5 Å². The Bertz CT molecular complexity index is 1080. The highest BCUT2D eigenvalue weighted by molar-refractivity contribution is 7.66. The molecule has 1 aliphatic rings. The Morgan fingerprint density at radius 3 is 2.56 bits per heavy atom. The zero-order chi connectivity index (χ0) is 25.1. The van der Waals surface area contributed by atoms with Gasteiger partial charge in [0.2, 0.25) is 11.8 Å². The van der Waals surface area contributed by atoms with E-state index in [0.29, 0.717) is 13.2 Å². The second kappa shape index (κ2) is 10.9. The minimum atomic E-state index is -5.08. The maximum absolute atomic E-state index is 11.7. The predicted molar refractivity (Wildman–Crippen MR) is 112 cm³/mol. The number of aliphatic hydroxyl groups is 2. The zero-order valence-corrected chi connectivity index (χ0v) is 19.2. The molecule has 192 valence electrons. The summed E-state index contributed by atoms with van der Waals surface area (Å²) in [6, 6.07) is 0. The standard InChI is InChI=1S/C14H25N7O11P2/c15-1-2-29-3-4-30-12-8-11(18-14(16)19-12)21(6-17-8)13-10(23)9(22)7(32-13)5-31-34(27,28)20-33(24,25)26/h6-7,9-10,13,22-23H,1-5,15H2,(H2,16,18,19)(H4,20,24,25,26,27,28)/t7-,9-,10-,13-/m1/s1. The number of anilines is 1. The minimum Gasteiger partial charge on any atom is -0.474 e. The SMILES string of the molecule is NCCOCCOc1nc(N)nc2c1ncn2[C@@H]1O[C@H](COP(=O)(O)NP(=O)(O)O)[C@@H](O)[C@H]1O. The number of fused-ring (bicyclic) bond motifs is 1. The number of nitrogens with one attached hydrogen (secondary N) is 1. The van der Waals surface area contributed by atoms with Crippen molar-refractivity contribution in [1.29, 1.82) is 0 Å². The van der Waals surface area contributed by atoms with E-state index in [-0.39, 0.29) is 36.2 Å². The van der Waals surface area contributed by atoms with Crippen molar-refractivity contribution in [1.82, 2.24) is 24.4 Å². The van der Waals surface area contributed by atoms with Crippen molar-refractivity contribution < 1.29 is 52.8 Å². The maximum atomic E-state index is 11.7. The van der Waals surface area contributed by atoms with Crippen molar-refractivity contribution in [2.24, 2.45) is 5.73 Å². The Labute approximate surface area is 191 Å². The van der Waals surface area contributed by atoms with Gasteiger partial charge in [-0.3, -0.25) is 9.09 Å². The number of aromatic nitrogens is 4. The van der Waals surface area contributed by atoms with E-state index in [1.807, 2.05) is 0 Å². The Balaban J connectivity index is 1.74. The lowest BCUT2D eigenvalue weighted by atomic mass is 10.1. The summed E-state index contributed by atoms with van der Waals surface area (Å²) in [6.45, 7) is 0.254. The first kappa shape index (κ1) is 26.8. The number of imidazole rings is 1. The smallest absolute Gasteiger partial charge is 0.412 e. The second-order valence-electron chi connectivity index (χ2n) is 6.97. The lowest BCUT2D eigenvalue weighted by Gasteiger charge is -2.18. The molecule has 1 saturated heterocycles. The number of rotatable bonds is 12. The van der Waals surface area contributed by atoms with E-state index in [4.69, 9.17) is 35.5 Å². The van der Waals surface area contributed by atoms with Crippen LogP contribution >= 0.6 is 15.5 Å². The molecule has 3 heterocycles. The molecule has 5 atom stereocenters. The van der Waals surface area contributed by atoms with E-state index in [0.717, 1.165) is 4.86 Å². The first-order valence-electron chi connectivity index (χ1n) is 9.66. The summed E-state index contributed by atoms with van der Waals surface area (Å²) in [5.74, 6) is -0.139. The van der Waals surface area contributed by atoms with Gasteiger partial charge in [0.25, 0.3) is 0 Å². The first-order chi connectivity index (χ1) is 15.9. The van der Waals surface area contributed by atoms with E-state index >= 15 is 0 Å². The van der Waals surface area contributed by atoms with Crippen LogP contribution in [0.1, 0.15) is 6.23 Å². The summed E-state index contributed by atoms with van der Waals surface area (Å²) >= 11 is 0. The van der Waals surface area contributed by atoms with Gasteiger partial charge in [-0.05, 0) is 0 Å². The Morgan fingerprint density at radius 2 is 1.88 bits per heavy atom. The molecule has 1 fully saturated rings. The highest BCUT2D eigenvalue weighted by Gasteiger charge is 2.45. The molecule has 18 nitrogen and oxygen atoms in total. The molecule has 1 unspecified atom stereocenters. The van der Waals surface area contributed by atoms with Crippen LogP contribution in [0.3, 0.4) is 0 Å². The Morgan fingerprint density at radius 1 is 1.15 bits per heavy atom.